The molecule has 1 fully saturated rings. The minimum absolute atomic E-state index is 0.131. The summed E-state index contributed by atoms with van der Waals surface area (Å²) in [6.45, 7) is 0.735. The SMILES string of the molecule is O=C1CCCN1/C=C/C(=N\c1ccc2[nH]ncc2c1)c1ccc(O)cc1. The van der Waals surface area contributed by atoms with Gasteiger partial charge in [-0.25, -0.2) is 4.99 Å². The predicted molar refractivity (Wildman–Crippen MR) is 100 cm³/mol. The summed E-state index contributed by atoms with van der Waals surface area (Å²) in [4.78, 5) is 18.3. The van der Waals surface area contributed by atoms with Gasteiger partial charge in [0.1, 0.15) is 5.75 Å². The van der Waals surface area contributed by atoms with E-state index in [1.54, 1.807) is 41.6 Å². The number of phenolic OH excluding ortho intramolecular Hbond substituents is 1. The number of allylic oxidation sites excluding steroid dienone is 1. The number of benzene rings is 2. The molecule has 2 N–H and O–H groups in total. The number of fused-ring (bicyclic) bond motifs is 1. The summed E-state index contributed by atoms with van der Waals surface area (Å²) in [6, 6.07) is 12.7. The van der Waals surface area contributed by atoms with Gasteiger partial charge in [-0.05, 0) is 55.0 Å². The number of aromatic hydroxyl groups is 1. The molecule has 1 aromatic heterocycles. The number of amides is 1. The number of aliphatic imine (C=N–C) groups is 1. The summed E-state index contributed by atoms with van der Waals surface area (Å²) in [5.41, 5.74) is 3.32. The quantitative estimate of drug-likeness (QED) is 0.709. The number of rotatable bonds is 4. The van der Waals surface area contributed by atoms with Crippen molar-refractivity contribution < 1.29 is 9.90 Å². The van der Waals surface area contributed by atoms with Crippen LogP contribution in [0.3, 0.4) is 0 Å². The van der Waals surface area contributed by atoms with Crippen LogP contribution in [0.25, 0.3) is 10.9 Å². The van der Waals surface area contributed by atoms with Crippen LogP contribution in [-0.4, -0.2) is 38.4 Å². The van der Waals surface area contributed by atoms with Crippen molar-refractivity contribution in [3.05, 3.63) is 66.5 Å². The smallest absolute Gasteiger partial charge is 0.226 e. The summed E-state index contributed by atoms with van der Waals surface area (Å²) in [6.07, 6.45) is 6.86. The van der Waals surface area contributed by atoms with E-state index in [1.165, 1.54) is 0 Å². The Morgan fingerprint density at radius 3 is 2.85 bits per heavy atom. The number of carbonyl (C=O) groups is 1. The van der Waals surface area contributed by atoms with Gasteiger partial charge in [0.05, 0.1) is 23.1 Å². The molecule has 0 aliphatic carbocycles. The number of aromatic nitrogens is 2. The summed E-state index contributed by atoms with van der Waals surface area (Å²) in [5, 5.41) is 17.5. The average molecular weight is 346 g/mol. The predicted octanol–water partition coefficient (Wildman–Crippen LogP) is 3.53. The number of nitrogens with zero attached hydrogens (tertiary/aromatic N) is 3. The summed E-state index contributed by atoms with van der Waals surface area (Å²) >= 11 is 0. The van der Waals surface area contributed by atoms with Gasteiger partial charge in [-0.15, -0.1) is 0 Å². The number of likely N-dealkylation sites (tertiary alicyclic amines) is 1. The first-order valence-electron chi connectivity index (χ1n) is 8.48. The Bertz CT molecular complexity index is 1000. The number of hydrogen-bond donors (Lipinski definition) is 2. The van der Waals surface area contributed by atoms with Crippen LogP contribution < -0.4 is 0 Å². The molecule has 1 aliphatic heterocycles. The van der Waals surface area contributed by atoms with Crippen LogP contribution in [0.5, 0.6) is 5.75 Å². The minimum atomic E-state index is 0.131. The van der Waals surface area contributed by atoms with Crippen LogP contribution in [0.2, 0.25) is 0 Å². The van der Waals surface area contributed by atoms with Gasteiger partial charge in [-0.3, -0.25) is 9.89 Å². The Morgan fingerprint density at radius 2 is 2.08 bits per heavy atom. The zero-order valence-corrected chi connectivity index (χ0v) is 14.1. The van der Waals surface area contributed by atoms with E-state index >= 15 is 0 Å². The van der Waals surface area contributed by atoms with Crippen LogP contribution in [0, 0.1) is 0 Å². The second-order valence-corrected chi connectivity index (χ2v) is 6.19. The average Bonchev–Trinajstić information content (AvgIpc) is 3.27. The van der Waals surface area contributed by atoms with E-state index in [-0.39, 0.29) is 11.7 Å². The lowest BCUT2D eigenvalue weighted by molar-refractivity contribution is -0.125. The Hall–Kier alpha value is -3.41. The molecule has 6 heteroatoms. The lowest BCUT2D eigenvalue weighted by Crippen LogP contribution is -2.17. The van der Waals surface area contributed by atoms with E-state index in [0.29, 0.717) is 12.1 Å². The minimum Gasteiger partial charge on any atom is -0.508 e. The molecule has 1 saturated heterocycles. The van der Waals surface area contributed by atoms with Gasteiger partial charge in [0.15, 0.2) is 0 Å². The maximum absolute atomic E-state index is 11.8. The number of hydrogen-bond acceptors (Lipinski definition) is 4. The second kappa shape index (κ2) is 6.84. The van der Waals surface area contributed by atoms with Crippen molar-refractivity contribution in [1.29, 1.82) is 0 Å². The van der Waals surface area contributed by atoms with E-state index in [9.17, 15) is 9.90 Å². The molecule has 1 amide bonds. The van der Waals surface area contributed by atoms with Crippen LogP contribution in [0.1, 0.15) is 18.4 Å². The maximum Gasteiger partial charge on any atom is 0.226 e. The first-order valence-corrected chi connectivity index (χ1v) is 8.48. The van der Waals surface area contributed by atoms with Gasteiger partial charge in [-0.1, -0.05) is 0 Å². The monoisotopic (exact) mass is 346 g/mol. The van der Waals surface area contributed by atoms with Crippen molar-refractivity contribution in [1.82, 2.24) is 15.1 Å². The number of carbonyl (C=O) groups excluding carboxylic acids is 1. The highest BCUT2D eigenvalue weighted by atomic mass is 16.3. The maximum atomic E-state index is 11.8. The fourth-order valence-electron chi connectivity index (χ4n) is 2.96. The van der Waals surface area contributed by atoms with Crippen LogP contribution in [-0.2, 0) is 4.79 Å². The highest BCUT2D eigenvalue weighted by Gasteiger charge is 2.17. The lowest BCUT2D eigenvalue weighted by atomic mass is 10.1. The van der Waals surface area contributed by atoms with Crippen LogP contribution >= 0.6 is 0 Å². The molecule has 2 heterocycles. The van der Waals surface area contributed by atoms with E-state index in [4.69, 9.17) is 4.99 Å². The molecule has 0 saturated carbocycles. The summed E-state index contributed by atoms with van der Waals surface area (Å²) < 4.78 is 0. The third kappa shape index (κ3) is 3.35. The first-order chi connectivity index (χ1) is 12.7. The van der Waals surface area contributed by atoms with Crippen molar-refractivity contribution in [3.8, 4) is 5.75 Å². The molecule has 0 unspecified atom stereocenters. The molecule has 0 radical (unpaired) electrons. The standard InChI is InChI=1S/C20H18N4O2/c25-17-6-3-14(4-7-17)18(9-11-24-10-1-2-20(24)26)22-16-5-8-19-15(12-16)13-21-23-19/h3-9,11-13,25H,1-2,10H2,(H,21,23)/b11-9+,22-18+. The Morgan fingerprint density at radius 1 is 1.23 bits per heavy atom. The Balaban J connectivity index is 1.72. The third-order valence-electron chi connectivity index (χ3n) is 4.36. The Kier molecular flexibility index (Phi) is 4.23. The largest absolute Gasteiger partial charge is 0.508 e. The van der Waals surface area contributed by atoms with Crippen molar-refractivity contribution in [2.24, 2.45) is 4.99 Å². The van der Waals surface area contributed by atoms with E-state index < -0.39 is 0 Å². The summed E-state index contributed by atoms with van der Waals surface area (Å²) in [7, 11) is 0. The zero-order chi connectivity index (χ0) is 17.9. The lowest BCUT2D eigenvalue weighted by Gasteiger charge is -2.09. The second-order valence-electron chi connectivity index (χ2n) is 6.19. The van der Waals surface area contributed by atoms with E-state index in [1.807, 2.05) is 24.3 Å². The zero-order valence-electron chi connectivity index (χ0n) is 14.1. The molecule has 2 aromatic carbocycles. The normalized spacial score (nSPS) is 15.5. The van der Waals surface area contributed by atoms with Crippen molar-refractivity contribution >= 4 is 28.2 Å². The number of aromatic amines is 1. The fraction of sp³-hybridized carbons (Fsp3) is 0.150. The van der Waals surface area contributed by atoms with Gasteiger partial charge >= 0.3 is 0 Å². The number of phenols is 1. The van der Waals surface area contributed by atoms with E-state index in [0.717, 1.165) is 35.1 Å². The molecule has 6 nitrogen and oxygen atoms in total. The van der Waals surface area contributed by atoms with Crippen molar-refractivity contribution in [2.75, 3.05) is 6.54 Å². The van der Waals surface area contributed by atoms with Crippen molar-refractivity contribution in [3.63, 3.8) is 0 Å². The van der Waals surface area contributed by atoms with Crippen molar-refractivity contribution in [2.45, 2.75) is 12.8 Å². The molecular weight excluding hydrogens is 328 g/mol. The number of nitrogens with one attached hydrogen (secondary N) is 1. The topological polar surface area (TPSA) is 81.6 Å². The molecule has 1 aliphatic rings. The molecule has 26 heavy (non-hydrogen) atoms. The van der Waals surface area contributed by atoms with Gasteiger partial charge in [0.2, 0.25) is 5.91 Å². The molecule has 4 rings (SSSR count). The third-order valence-corrected chi connectivity index (χ3v) is 4.36. The van der Waals surface area contributed by atoms with Crippen LogP contribution in [0.4, 0.5) is 5.69 Å². The van der Waals surface area contributed by atoms with Crippen LogP contribution in [0.15, 0.2) is 65.9 Å². The Labute approximate surface area is 150 Å². The molecule has 3 aromatic rings. The summed E-state index contributed by atoms with van der Waals surface area (Å²) in [5.74, 6) is 0.331. The highest BCUT2D eigenvalue weighted by molar-refractivity contribution is 6.10. The first kappa shape index (κ1) is 16.1. The number of H-pyrrole nitrogens is 1. The van der Waals surface area contributed by atoms with E-state index in [2.05, 4.69) is 10.2 Å². The molecule has 0 bridgehead atoms. The fourth-order valence-corrected chi connectivity index (χ4v) is 2.96. The van der Waals surface area contributed by atoms with Gasteiger partial charge in [0, 0.05) is 30.1 Å². The molecule has 0 atom stereocenters. The molecule has 0 spiro atoms. The van der Waals surface area contributed by atoms with Gasteiger partial charge in [-0.2, -0.15) is 5.10 Å². The van der Waals surface area contributed by atoms with Gasteiger partial charge < -0.3 is 10.0 Å². The highest BCUT2D eigenvalue weighted by Crippen LogP contribution is 2.22. The molecular formula is C20H18N4O2. The molecule has 130 valence electrons. The van der Waals surface area contributed by atoms with Gasteiger partial charge in [0.25, 0.3) is 0 Å².